The van der Waals surface area contributed by atoms with Gasteiger partial charge in [0.1, 0.15) is 42.4 Å². The van der Waals surface area contributed by atoms with E-state index < -0.39 is 115 Å². The largest absolute Gasteiger partial charge is 0.508 e. The number of rotatable bonds is 40. The lowest BCUT2D eigenvalue weighted by Crippen LogP contribution is -2.50. The van der Waals surface area contributed by atoms with E-state index in [-0.39, 0.29) is 110 Å². The van der Waals surface area contributed by atoms with Crippen LogP contribution in [0.5, 0.6) is 5.75 Å². The number of likely N-dealkylation sites (tertiary alicyclic amines) is 1. The van der Waals surface area contributed by atoms with E-state index >= 15 is 0 Å². The monoisotopic (exact) mass is 1310 g/mol. The fourth-order valence-electron chi connectivity index (χ4n) is 9.92. The molecule has 0 bridgehead atoms. The Labute approximate surface area is 533 Å². The number of thiazole rings is 1. The average Bonchev–Trinajstić information content (AvgIpc) is 2.25. The number of likely N-dealkylation sites (N-methyl/N-ethyl adjacent to an activating group) is 1. The number of phenolic OH excluding ortho intramolecular Hbond substituents is 1. The molecule has 1 unspecified atom stereocenters. The Morgan fingerprint density at radius 3 is 2.16 bits per heavy atom. The Bertz CT molecular complexity index is 2570. The maximum absolute atomic E-state index is 14.9. The van der Waals surface area contributed by atoms with Crippen LogP contribution >= 0.6 is 32.9 Å². The molecule has 1 aliphatic heterocycles. The molecule has 13 atom stereocenters. The van der Waals surface area contributed by atoms with Crippen molar-refractivity contribution in [1.29, 1.82) is 0 Å². The number of phenols is 1. The molecule has 26 nitrogen and oxygen atoms in total. The van der Waals surface area contributed by atoms with E-state index in [0.717, 1.165) is 53.0 Å². The summed E-state index contributed by atoms with van der Waals surface area (Å²) >= 11 is 1.28. The number of hydrogen-bond donors (Lipinski definition) is 12. The first kappa shape index (κ1) is 77.6. The molecule has 502 valence electrons. The predicted molar refractivity (Wildman–Crippen MR) is 336 cm³/mol. The van der Waals surface area contributed by atoms with Gasteiger partial charge in [0.2, 0.25) is 23.6 Å². The lowest BCUT2D eigenvalue weighted by Gasteiger charge is -2.39. The summed E-state index contributed by atoms with van der Waals surface area (Å²) < 4.78 is 10.9. The molecule has 2 aromatic rings. The number of hydrogen-bond acceptors (Lipinski definition) is 22. The van der Waals surface area contributed by atoms with E-state index in [9.17, 15) is 73.8 Å². The van der Waals surface area contributed by atoms with Crippen molar-refractivity contribution in [3.63, 3.8) is 0 Å². The van der Waals surface area contributed by atoms with Gasteiger partial charge in [0.15, 0.2) is 12.5 Å². The molecule has 0 radical (unpaired) electrons. The first-order valence-corrected chi connectivity index (χ1v) is 33.8. The van der Waals surface area contributed by atoms with Gasteiger partial charge in [0.25, 0.3) is 5.91 Å². The number of carbonyl (C=O) groups excluding carboxylic acids is 8. The van der Waals surface area contributed by atoms with E-state index in [1.165, 1.54) is 30.4 Å². The third-order valence-electron chi connectivity index (χ3n) is 15.8. The van der Waals surface area contributed by atoms with Crippen LogP contribution in [0, 0.1) is 29.6 Å². The number of aliphatic hydroxyl groups excluding tert-OH is 5. The minimum atomic E-state index is -1.87. The number of aliphatic carboxylic acids is 1. The molecule has 1 aromatic heterocycles. The molecule has 1 aromatic carbocycles. The van der Waals surface area contributed by atoms with E-state index in [1.54, 1.807) is 29.3 Å². The van der Waals surface area contributed by atoms with Crippen molar-refractivity contribution >= 4 is 86.3 Å². The average molecular weight is 1310 g/mol. The van der Waals surface area contributed by atoms with Gasteiger partial charge in [-0.2, -0.15) is 0 Å². The number of hydrazine groups is 1. The number of carboxylic acids is 1. The van der Waals surface area contributed by atoms with Gasteiger partial charge in [-0.15, -0.1) is 11.3 Å². The molecule has 0 aliphatic carbocycles. The zero-order valence-electron chi connectivity index (χ0n) is 52.6. The molecular formula is C60H96N8O18S3. The minimum Gasteiger partial charge on any atom is -0.508 e. The van der Waals surface area contributed by atoms with Crippen LogP contribution in [-0.2, 0) is 49.5 Å². The number of aliphatic hydroxyl groups is 5. The summed E-state index contributed by atoms with van der Waals surface area (Å²) in [4.78, 5) is 127. The van der Waals surface area contributed by atoms with Crippen molar-refractivity contribution < 1.29 is 88.4 Å². The van der Waals surface area contributed by atoms with Crippen LogP contribution in [0.2, 0.25) is 0 Å². The SMILES string of the molecule is CCCC(=O)OCN(C(=O)[C@@H](CC(=O)[C@H]1CCCCN1C)C(C)CC)[C@H](C[C@@H](C)c1nc(C(=O)N[C@@H](Cc2ccc(O)cc2)C[C@H](C)C(=O)NNC(=O)OCCSSC[C@@H](NC(=O)[C@@H](C)CCC(=O)NC[C@H](O)[C@@H](O)[C@H](O)[C@H](O)CO)C(=O)O)cs1)C(C)C. The first-order valence-electron chi connectivity index (χ1n) is 30.5. The third-order valence-corrected chi connectivity index (χ3v) is 19.3. The highest BCUT2D eigenvalue weighted by atomic mass is 33.1. The Morgan fingerprint density at radius 2 is 1.53 bits per heavy atom. The van der Waals surface area contributed by atoms with Gasteiger partial charge in [-0.05, 0) is 88.1 Å². The highest BCUT2D eigenvalue weighted by molar-refractivity contribution is 8.76. The smallest absolute Gasteiger partial charge is 0.426 e. The van der Waals surface area contributed by atoms with Crippen LogP contribution in [0.1, 0.15) is 153 Å². The van der Waals surface area contributed by atoms with Gasteiger partial charge in [-0.25, -0.2) is 20.0 Å². The topological polar surface area (TPSA) is 393 Å². The van der Waals surface area contributed by atoms with E-state index in [4.69, 9.17) is 19.6 Å². The fourth-order valence-corrected chi connectivity index (χ4v) is 12.8. The molecule has 89 heavy (non-hydrogen) atoms. The number of Topliss-reactive ketones (excluding diaryl/α,β-unsaturated/α-hetero) is 1. The van der Waals surface area contributed by atoms with Crippen molar-refractivity contribution in [3.8, 4) is 5.75 Å². The summed E-state index contributed by atoms with van der Waals surface area (Å²) in [5.74, 6) is -6.91. The lowest BCUT2D eigenvalue weighted by atomic mass is 9.82. The number of nitrogens with zero attached hydrogens (tertiary/aromatic N) is 3. The summed E-state index contributed by atoms with van der Waals surface area (Å²) in [5, 5.41) is 77.7. The highest BCUT2D eigenvalue weighted by Gasteiger charge is 2.39. The molecule has 1 saturated heterocycles. The van der Waals surface area contributed by atoms with Gasteiger partial charge >= 0.3 is 18.0 Å². The van der Waals surface area contributed by atoms with Gasteiger partial charge in [0, 0.05) is 78.4 Å². The molecule has 6 amide bonds. The lowest BCUT2D eigenvalue weighted by molar-refractivity contribution is -0.160. The fraction of sp³-hybridized carbons (Fsp3) is 0.700. The Kier molecular flexibility index (Phi) is 35.1. The molecule has 0 saturated carbocycles. The molecule has 1 aliphatic rings. The number of ketones is 1. The van der Waals surface area contributed by atoms with Crippen molar-refractivity contribution in [2.45, 2.75) is 187 Å². The predicted octanol–water partition coefficient (Wildman–Crippen LogP) is 3.65. The maximum Gasteiger partial charge on any atom is 0.426 e. The van der Waals surface area contributed by atoms with Crippen LogP contribution in [0.3, 0.4) is 0 Å². The number of amides is 6. The molecule has 1 fully saturated rings. The van der Waals surface area contributed by atoms with Crippen LogP contribution in [0.25, 0.3) is 0 Å². The number of carbonyl (C=O) groups is 9. The normalized spacial score (nSPS) is 17.6. The zero-order chi connectivity index (χ0) is 66.5. The Hall–Kier alpha value is -5.66. The standard InChI is InChI=1S/C60H96N8O18S3/c1-10-14-51(75)86-33-68(58(81)42(35(5)11-2)28-47(71)45-15-12-13-22-67(45)9)46(34(3)4)26-38(8)57-64-43(31-87-57)56(80)62-40(27-39-17-19-41(70)20-18-39)25-37(7)55(79)65-66-60(84)85-23-24-88-89-32-44(59(82)83)63-54(78)36(6)16-21-50(74)61-29-48(72)52(76)53(77)49(73)30-69/h17-20,31,34-38,40,42,44-46,48-49,52-53,69-70,72-73,76-77H,10-16,21-30,32-33H2,1-9H3,(H,61,74)(H,62,80)(H,63,78)(H,65,79)(H,66,84)(H,82,83)/t35?,36-,37-,38+,40+,42-,44+,45+,46+,48-,49+,52+,53+/m0/s1. The number of piperidine rings is 1. The second kappa shape index (κ2) is 40.2. The molecule has 12 N–H and O–H groups in total. The van der Waals surface area contributed by atoms with Gasteiger partial charge in [-0.1, -0.05) is 102 Å². The van der Waals surface area contributed by atoms with Crippen molar-refractivity contribution in [1.82, 2.24) is 41.6 Å². The van der Waals surface area contributed by atoms with Crippen LogP contribution in [0.4, 0.5) is 4.79 Å². The minimum absolute atomic E-state index is 0.00711. The quantitative estimate of drug-likeness (QED) is 0.0149. The van der Waals surface area contributed by atoms with Crippen molar-refractivity contribution in [2.24, 2.45) is 29.6 Å². The molecule has 0 spiro atoms. The highest BCUT2D eigenvalue weighted by Crippen LogP contribution is 2.33. The number of esters is 1. The van der Waals surface area contributed by atoms with E-state index in [2.05, 4.69) is 31.7 Å². The van der Waals surface area contributed by atoms with E-state index in [1.807, 2.05) is 48.6 Å². The summed E-state index contributed by atoms with van der Waals surface area (Å²) in [5.41, 5.74) is 5.41. The van der Waals surface area contributed by atoms with Crippen LogP contribution in [-0.4, -0.2) is 204 Å². The zero-order valence-corrected chi connectivity index (χ0v) is 55.0. The number of ether oxygens (including phenoxy) is 2. The number of carboxylic acid groups (broad SMARTS) is 1. The van der Waals surface area contributed by atoms with Crippen molar-refractivity contribution in [2.75, 3.05) is 51.6 Å². The van der Waals surface area contributed by atoms with Crippen molar-refractivity contribution in [3.05, 3.63) is 45.9 Å². The summed E-state index contributed by atoms with van der Waals surface area (Å²) in [6.07, 6.45) is -3.39. The van der Waals surface area contributed by atoms with Gasteiger partial charge in [0.05, 0.1) is 23.8 Å². The maximum atomic E-state index is 14.9. The summed E-state index contributed by atoms with van der Waals surface area (Å²) in [7, 11) is 4.18. The van der Waals surface area contributed by atoms with Gasteiger partial charge < -0.3 is 66.1 Å². The first-order chi connectivity index (χ1) is 42.1. The number of benzene rings is 1. The van der Waals surface area contributed by atoms with Gasteiger partial charge in [-0.3, -0.25) is 43.9 Å². The molecule has 3 rings (SSSR count). The number of nitrogens with one attached hydrogen (secondary N) is 5. The number of aromatic hydroxyl groups is 1. The molecular weight excluding hydrogens is 1220 g/mol. The molecule has 29 heteroatoms. The Morgan fingerprint density at radius 1 is 0.843 bits per heavy atom. The summed E-state index contributed by atoms with van der Waals surface area (Å²) in [6.45, 7) is 13.9. The van der Waals surface area contributed by atoms with Crippen LogP contribution < -0.4 is 26.8 Å². The Balaban J connectivity index is 1.57. The second-order valence-electron chi connectivity index (χ2n) is 23.4. The number of aromatic nitrogens is 1. The van der Waals surface area contributed by atoms with Crippen LogP contribution in [0.15, 0.2) is 29.6 Å². The third kappa shape index (κ3) is 27.0. The summed E-state index contributed by atoms with van der Waals surface area (Å²) in [6, 6.07) is 3.73. The van der Waals surface area contributed by atoms with E-state index in [0.29, 0.717) is 24.3 Å². The second-order valence-corrected chi connectivity index (χ2v) is 26.9. The molecule has 2 heterocycles.